The van der Waals surface area contributed by atoms with E-state index in [-0.39, 0.29) is 0 Å². The van der Waals surface area contributed by atoms with Gasteiger partial charge in [-0.05, 0) is 25.0 Å². The molecule has 1 aromatic rings. The number of halogens is 1. The van der Waals surface area contributed by atoms with Crippen LogP contribution < -0.4 is 5.32 Å². The molecule has 0 spiro atoms. The van der Waals surface area contributed by atoms with Crippen molar-refractivity contribution >= 4 is 17.4 Å². The quantitative estimate of drug-likeness (QED) is 0.642. The molecule has 0 amide bonds. The van der Waals surface area contributed by atoms with Gasteiger partial charge in [0.2, 0.25) is 0 Å². The van der Waals surface area contributed by atoms with Gasteiger partial charge in [0.15, 0.2) is 0 Å². The van der Waals surface area contributed by atoms with E-state index >= 15 is 0 Å². The number of hydrogen-bond donors (Lipinski definition) is 1. The van der Waals surface area contributed by atoms with Crippen molar-refractivity contribution in [1.82, 2.24) is 4.98 Å². The van der Waals surface area contributed by atoms with Crippen LogP contribution in [0.1, 0.15) is 44.1 Å². The lowest BCUT2D eigenvalue weighted by Crippen LogP contribution is -2.19. The lowest BCUT2D eigenvalue weighted by Gasteiger charge is -2.16. The third-order valence-electron chi connectivity index (χ3n) is 3.13. The summed E-state index contributed by atoms with van der Waals surface area (Å²) in [6.07, 6.45) is 7.54. The molecule has 3 nitrogen and oxygen atoms in total. The van der Waals surface area contributed by atoms with Crippen molar-refractivity contribution in [3.63, 3.8) is 0 Å². The summed E-state index contributed by atoms with van der Waals surface area (Å²) >= 11 is 5.88. The standard InChI is InChI=1S/C13H16ClN3/c14-12-7-10(9-15)8-13(17-12)16-11-5-3-1-2-4-6-11/h7-8,11H,1-6H2,(H,16,17). The molecule has 0 aliphatic heterocycles. The second-order valence-electron chi connectivity index (χ2n) is 4.51. The summed E-state index contributed by atoms with van der Waals surface area (Å²) in [5, 5.41) is 12.6. The van der Waals surface area contributed by atoms with Gasteiger partial charge in [-0.1, -0.05) is 37.3 Å². The number of pyridine rings is 1. The van der Waals surface area contributed by atoms with Crippen LogP contribution >= 0.6 is 11.6 Å². The molecule has 1 aliphatic rings. The van der Waals surface area contributed by atoms with Crippen LogP contribution in [0.25, 0.3) is 0 Å². The number of nitrogens with one attached hydrogen (secondary N) is 1. The molecular weight excluding hydrogens is 234 g/mol. The maximum Gasteiger partial charge on any atom is 0.132 e. The molecule has 0 saturated heterocycles. The monoisotopic (exact) mass is 249 g/mol. The number of aromatic nitrogens is 1. The first-order chi connectivity index (χ1) is 8.28. The molecule has 0 bridgehead atoms. The Morgan fingerprint density at radius 2 is 1.94 bits per heavy atom. The summed E-state index contributed by atoms with van der Waals surface area (Å²) in [5.41, 5.74) is 0.557. The van der Waals surface area contributed by atoms with Gasteiger partial charge in [0, 0.05) is 6.04 Å². The summed E-state index contributed by atoms with van der Waals surface area (Å²) < 4.78 is 0. The van der Waals surface area contributed by atoms with E-state index in [0.29, 0.717) is 16.8 Å². The van der Waals surface area contributed by atoms with E-state index in [0.717, 1.165) is 5.82 Å². The van der Waals surface area contributed by atoms with Crippen LogP contribution in [0.4, 0.5) is 5.82 Å². The minimum Gasteiger partial charge on any atom is -0.367 e. The zero-order valence-electron chi connectivity index (χ0n) is 9.75. The first-order valence-electron chi connectivity index (χ1n) is 6.12. The first kappa shape index (κ1) is 12.2. The van der Waals surface area contributed by atoms with Crippen LogP contribution in [0.2, 0.25) is 5.15 Å². The fourth-order valence-corrected chi connectivity index (χ4v) is 2.48. The van der Waals surface area contributed by atoms with Crippen LogP contribution in [-0.2, 0) is 0 Å². The van der Waals surface area contributed by atoms with Gasteiger partial charge in [-0.3, -0.25) is 0 Å². The van der Waals surface area contributed by atoms with Crippen LogP contribution in [0.5, 0.6) is 0 Å². The van der Waals surface area contributed by atoms with Gasteiger partial charge in [-0.15, -0.1) is 0 Å². The molecule has 0 aromatic carbocycles. The third kappa shape index (κ3) is 3.61. The molecule has 1 N–H and O–H groups in total. The van der Waals surface area contributed by atoms with Gasteiger partial charge >= 0.3 is 0 Å². The van der Waals surface area contributed by atoms with E-state index in [1.165, 1.54) is 38.5 Å². The second kappa shape index (κ2) is 5.88. The molecule has 0 radical (unpaired) electrons. The van der Waals surface area contributed by atoms with Gasteiger partial charge in [0.05, 0.1) is 11.6 Å². The average molecular weight is 250 g/mol. The predicted octanol–water partition coefficient (Wildman–Crippen LogP) is 3.74. The minimum absolute atomic E-state index is 0.375. The lowest BCUT2D eigenvalue weighted by molar-refractivity contribution is 0.617. The Kier molecular flexibility index (Phi) is 4.22. The molecule has 90 valence electrons. The SMILES string of the molecule is N#Cc1cc(Cl)nc(NC2CCCCCC2)c1. The minimum atomic E-state index is 0.375. The van der Waals surface area contributed by atoms with Gasteiger partial charge in [-0.25, -0.2) is 4.98 Å². The fourth-order valence-electron chi connectivity index (χ4n) is 2.27. The first-order valence-corrected chi connectivity index (χ1v) is 6.50. The van der Waals surface area contributed by atoms with E-state index in [2.05, 4.69) is 16.4 Å². The van der Waals surface area contributed by atoms with Crippen molar-refractivity contribution in [1.29, 1.82) is 5.26 Å². The summed E-state index contributed by atoms with van der Waals surface area (Å²) in [4.78, 5) is 4.21. The van der Waals surface area contributed by atoms with E-state index in [9.17, 15) is 0 Å². The number of rotatable bonds is 2. The highest BCUT2D eigenvalue weighted by Gasteiger charge is 2.12. The Morgan fingerprint density at radius 3 is 2.59 bits per heavy atom. The molecule has 4 heteroatoms. The van der Waals surface area contributed by atoms with Crippen LogP contribution in [0.15, 0.2) is 12.1 Å². The molecule has 0 unspecified atom stereocenters. The Morgan fingerprint density at radius 1 is 1.24 bits per heavy atom. The second-order valence-corrected chi connectivity index (χ2v) is 4.90. The smallest absolute Gasteiger partial charge is 0.132 e. The Bertz CT molecular complexity index is 417. The molecule has 1 saturated carbocycles. The van der Waals surface area contributed by atoms with E-state index < -0.39 is 0 Å². The number of nitrogens with zero attached hydrogens (tertiary/aromatic N) is 2. The largest absolute Gasteiger partial charge is 0.367 e. The molecule has 1 aliphatic carbocycles. The number of anilines is 1. The number of hydrogen-bond acceptors (Lipinski definition) is 3. The van der Waals surface area contributed by atoms with Crippen molar-refractivity contribution in [3.05, 3.63) is 22.8 Å². The Balaban J connectivity index is 2.06. The van der Waals surface area contributed by atoms with Crippen LogP contribution in [0.3, 0.4) is 0 Å². The summed E-state index contributed by atoms with van der Waals surface area (Å²) in [5.74, 6) is 0.723. The topological polar surface area (TPSA) is 48.7 Å². The summed E-state index contributed by atoms with van der Waals surface area (Å²) in [6.45, 7) is 0. The molecule has 1 heterocycles. The van der Waals surface area contributed by atoms with Crippen molar-refractivity contribution in [2.45, 2.75) is 44.6 Å². The van der Waals surface area contributed by atoms with Crippen molar-refractivity contribution in [2.75, 3.05) is 5.32 Å². The zero-order chi connectivity index (χ0) is 12.1. The average Bonchev–Trinajstić information content (AvgIpc) is 2.57. The maximum absolute atomic E-state index is 8.87. The zero-order valence-corrected chi connectivity index (χ0v) is 10.5. The lowest BCUT2D eigenvalue weighted by atomic mass is 10.1. The highest BCUT2D eigenvalue weighted by Crippen LogP contribution is 2.21. The van der Waals surface area contributed by atoms with Crippen molar-refractivity contribution in [3.8, 4) is 6.07 Å². The fraction of sp³-hybridized carbons (Fsp3) is 0.538. The predicted molar refractivity (Wildman–Crippen MR) is 69.1 cm³/mol. The van der Waals surface area contributed by atoms with Crippen molar-refractivity contribution in [2.24, 2.45) is 0 Å². The third-order valence-corrected chi connectivity index (χ3v) is 3.32. The van der Waals surface area contributed by atoms with Crippen LogP contribution in [-0.4, -0.2) is 11.0 Å². The van der Waals surface area contributed by atoms with E-state index in [1.807, 2.05) is 0 Å². The van der Waals surface area contributed by atoms with E-state index in [1.54, 1.807) is 12.1 Å². The molecular formula is C13H16ClN3. The van der Waals surface area contributed by atoms with Gasteiger partial charge in [0.25, 0.3) is 0 Å². The molecule has 0 atom stereocenters. The summed E-state index contributed by atoms with van der Waals surface area (Å²) in [6, 6.07) is 5.90. The van der Waals surface area contributed by atoms with E-state index in [4.69, 9.17) is 16.9 Å². The highest BCUT2D eigenvalue weighted by atomic mass is 35.5. The number of nitriles is 1. The molecule has 1 aromatic heterocycles. The highest BCUT2D eigenvalue weighted by molar-refractivity contribution is 6.29. The molecule has 17 heavy (non-hydrogen) atoms. The summed E-state index contributed by atoms with van der Waals surface area (Å²) in [7, 11) is 0. The van der Waals surface area contributed by atoms with Gasteiger partial charge in [0.1, 0.15) is 11.0 Å². The van der Waals surface area contributed by atoms with Crippen molar-refractivity contribution < 1.29 is 0 Å². The Labute approximate surface area is 107 Å². The van der Waals surface area contributed by atoms with Gasteiger partial charge < -0.3 is 5.32 Å². The molecule has 2 rings (SSSR count). The maximum atomic E-state index is 8.87. The van der Waals surface area contributed by atoms with Crippen LogP contribution in [0, 0.1) is 11.3 Å². The molecule has 1 fully saturated rings. The Hall–Kier alpha value is -1.27. The van der Waals surface area contributed by atoms with Gasteiger partial charge in [-0.2, -0.15) is 5.26 Å². The normalized spacial score (nSPS) is 17.2.